The maximum absolute atomic E-state index is 17.1. The topological polar surface area (TPSA) is 97.4 Å². The zero-order valence-electron chi connectivity index (χ0n) is 39.4. The van der Waals surface area contributed by atoms with Crippen molar-refractivity contribution in [3.05, 3.63) is 166 Å². The largest absolute Gasteiger partial charge is 2.00 e. The first-order valence-electron chi connectivity index (χ1n) is 22.3. The maximum Gasteiger partial charge on any atom is 2.00 e. The van der Waals surface area contributed by atoms with E-state index in [9.17, 15) is 82.6 Å². The molecule has 8 bridgehead atoms. The molecule has 3 aromatic heterocycles. The van der Waals surface area contributed by atoms with Gasteiger partial charge in [0.15, 0.2) is 0 Å². The van der Waals surface area contributed by atoms with Gasteiger partial charge in [0.2, 0.25) is 0 Å². The zero-order chi connectivity index (χ0) is 59.4. The van der Waals surface area contributed by atoms with E-state index in [0.29, 0.717) is 72.8 Å². The van der Waals surface area contributed by atoms with Gasteiger partial charge in [0.05, 0.1) is 50.6 Å². The van der Waals surface area contributed by atoms with Gasteiger partial charge in [-0.15, -0.1) is 22.1 Å². The molecule has 0 unspecified atom stereocenters. The molecule has 0 saturated heterocycles. The number of ether oxygens (including phenoxy) is 1. The van der Waals surface area contributed by atoms with Crippen LogP contribution in [0.4, 0.5) is 91.7 Å². The summed E-state index contributed by atoms with van der Waals surface area (Å²) in [4.78, 5) is 17.5. The molecule has 30 heteroatoms. The van der Waals surface area contributed by atoms with Gasteiger partial charge in [0.25, 0.3) is 0 Å². The van der Waals surface area contributed by atoms with Crippen LogP contribution in [0.5, 0.6) is 0 Å². The summed E-state index contributed by atoms with van der Waals surface area (Å²) in [5.41, 5.74) is -17.1. The van der Waals surface area contributed by atoms with Gasteiger partial charge in [-0.05, 0) is 111 Å². The van der Waals surface area contributed by atoms with Crippen LogP contribution in [0.1, 0.15) is 45.0 Å². The summed E-state index contributed by atoms with van der Waals surface area (Å²) in [6.07, 6.45) is -32.2. The van der Waals surface area contributed by atoms with Gasteiger partial charge < -0.3 is 9.97 Å². The Morgan fingerprint density at radius 2 is 0.671 bits per heavy atom. The van der Waals surface area contributed by atoms with Gasteiger partial charge >= 0.3 is 75.4 Å². The molecule has 2 aliphatic heterocycles. The van der Waals surface area contributed by atoms with E-state index < -0.39 is 136 Å². The predicted molar refractivity (Wildman–Crippen MR) is 248 cm³/mol. The zero-order valence-corrected chi connectivity index (χ0v) is 41.2. The molecule has 0 N–H and O–H groups in total. The number of fused-ring (bicyclic) bond motifs is 8. The van der Waals surface area contributed by atoms with Crippen LogP contribution in [0, 0.1) is 0 Å². The minimum Gasteiger partial charge on any atom is -0.657 e. The smallest absolute Gasteiger partial charge is 0.657 e. The van der Waals surface area contributed by atoms with E-state index in [2.05, 4.69) is 24.7 Å². The second-order valence-corrected chi connectivity index (χ2v) is 18.9. The van der Waals surface area contributed by atoms with Crippen LogP contribution in [-0.4, -0.2) is 41.8 Å². The molecule has 4 aromatic carbocycles. The number of hydrogen-bond donors (Lipinski definition) is 0. The molecule has 7 aromatic rings. The fourth-order valence-corrected chi connectivity index (χ4v) is 8.80. The summed E-state index contributed by atoms with van der Waals surface area (Å²) >= 11 is 0. The van der Waals surface area contributed by atoms with Crippen molar-refractivity contribution in [1.29, 1.82) is 0 Å². The third kappa shape index (κ3) is 11.1. The number of hydrogen-bond acceptors (Lipinski definition) is 5. The number of halogens is 21. The Morgan fingerprint density at radius 1 is 0.378 bits per heavy atom. The van der Waals surface area contributed by atoms with Gasteiger partial charge in [0, 0.05) is 0 Å². The maximum atomic E-state index is 17.1. The van der Waals surface area contributed by atoms with E-state index in [-0.39, 0.29) is 62.3 Å². The van der Waals surface area contributed by atoms with Crippen LogP contribution in [0.3, 0.4) is 0 Å². The first kappa shape index (κ1) is 60.5. The van der Waals surface area contributed by atoms with Crippen LogP contribution in [-0.2, 0) is 56.7 Å². The molecule has 0 aliphatic carbocycles. The number of rotatable bonds is 10. The molecule has 1 radical (unpaired) electrons. The van der Waals surface area contributed by atoms with Crippen LogP contribution in [0.15, 0.2) is 121 Å². The molecular weight excluding hydrogens is 1220 g/mol. The summed E-state index contributed by atoms with van der Waals surface area (Å²) < 4.78 is 329. The SMILES string of the molecule is O=S(=O)(F)C(F)(F)C(F)(F)OC(F)(F)C(F)(F)C1=Cc2nc1c(-c1ccc(C(F)(F)F)cc1)c1ccc([n-]1)c(-c1ccc(C(F)(F)F)cc1)c1nc(c(-c3ccc(C(F)(F)F)cc3)c3ccc([n-]3)c2-c2ccc(C(F)(F)F)cc2)C=C1.[Cu+2]. The molecule has 2 aliphatic rings. The second kappa shape index (κ2) is 20.4. The molecule has 9 rings (SSSR count). The van der Waals surface area contributed by atoms with Gasteiger partial charge in [-0.3, -0.25) is 0 Å². The Bertz CT molecular complexity index is 3980. The van der Waals surface area contributed by atoms with Gasteiger partial charge in [-0.2, -0.15) is 96.2 Å². The molecule has 0 spiro atoms. The molecule has 0 atom stereocenters. The fraction of sp³-hybridized carbons (Fsp3) is 0.154. The van der Waals surface area contributed by atoms with Crippen molar-refractivity contribution in [3.63, 3.8) is 0 Å². The van der Waals surface area contributed by atoms with Crippen molar-refractivity contribution in [2.45, 2.75) is 48.1 Å². The molecule has 0 saturated carbocycles. The predicted octanol–water partition coefficient (Wildman–Crippen LogP) is 16.8. The molecule has 82 heavy (non-hydrogen) atoms. The summed E-state index contributed by atoms with van der Waals surface area (Å²) in [5, 5.41) is -7.33. The van der Waals surface area contributed by atoms with Crippen molar-refractivity contribution < 1.29 is 122 Å². The van der Waals surface area contributed by atoms with Crippen LogP contribution in [0.25, 0.3) is 90.4 Å². The molecule has 5 heterocycles. The number of benzene rings is 4. The third-order valence-corrected chi connectivity index (χ3v) is 13.2. The van der Waals surface area contributed by atoms with Crippen LogP contribution >= 0.6 is 0 Å². The number of aromatic nitrogens is 4. The van der Waals surface area contributed by atoms with E-state index in [1.54, 1.807) is 0 Å². The number of nitrogens with zero attached hydrogens (tertiary/aromatic N) is 4. The fourth-order valence-electron chi connectivity index (χ4n) is 8.47. The molecule has 0 fully saturated rings. The normalized spacial score (nSPS) is 14.0. The van der Waals surface area contributed by atoms with E-state index in [4.69, 9.17) is 0 Å². The Labute approximate surface area is 455 Å². The monoisotopic (exact) mass is 1250 g/mol. The van der Waals surface area contributed by atoms with Crippen LogP contribution < -0.4 is 9.97 Å². The standard InChI is InChI=1S/C52H23F21N4O3S.Cu/c53-45(54,50(67,68)80-51(69,70)52(71,72)81(73,78)79)32-23-39-42(26-5-13-30(14-6-26)48(61,62)63)37-20-19-35(75-37)40(24-1-9-28(10-2-24)46(55,56)57)33-17-18-34(74-33)41(25-3-11-29(12-4-25)47(58,59)60)36-21-22-38(76-36)43(44(32)77-39)27-7-15-31(16-8-27)49(64,65)66;/h1-23H;/q-2;+2. The van der Waals surface area contributed by atoms with Gasteiger partial charge in [-0.25, -0.2) is 14.7 Å². The Morgan fingerprint density at radius 3 is 0.976 bits per heavy atom. The Balaban J connectivity index is 0.00000880. The van der Waals surface area contributed by atoms with Crippen molar-refractivity contribution in [2.75, 3.05) is 0 Å². The Hall–Kier alpha value is -7.56. The van der Waals surface area contributed by atoms with Gasteiger partial charge in [-0.1, -0.05) is 76.7 Å². The van der Waals surface area contributed by atoms with Crippen molar-refractivity contribution in [2.24, 2.45) is 0 Å². The second-order valence-electron chi connectivity index (χ2n) is 17.5. The van der Waals surface area contributed by atoms with Crippen molar-refractivity contribution >= 4 is 56.1 Å². The number of alkyl halides is 20. The summed E-state index contributed by atoms with van der Waals surface area (Å²) in [6, 6.07) is 13.7. The van der Waals surface area contributed by atoms with Gasteiger partial charge in [0.1, 0.15) is 0 Å². The summed E-state index contributed by atoms with van der Waals surface area (Å²) in [7, 11) is -7.98. The molecule has 433 valence electrons. The molecule has 7 nitrogen and oxygen atoms in total. The minimum atomic E-state index is -7.98. The Kier molecular flexibility index (Phi) is 15.1. The first-order chi connectivity index (χ1) is 37.3. The van der Waals surface area contributed by atoms with Crippen molar-refractivity contribution in [3.8, 4) is 44.5 Å². The van der Waals surface area contributed by atoms with E-state index in [0.717, 1.165) is 48.5 Å². The quantitative estimate of drug-likeness (QED) is 0.0764. The van der Waals surface area contributed by atoms with E-state index >= 15 is 17.6 Å². The van der Waals surface area contributed by atoms with E-state index in [1.807, 2.05) is 0 Å². The van der Waals surface area contributed by atoms with Crippen molar-refractivity contribution in [1.82, 2.24) is 19.9 Å². The summed E-state index contributed by atoms with van der Waals surface area (Å²) in [5.74, 6) is -6.60. The van der Waals surface area contributed by atoms with Crippen LogP contribution in [0.2, 0.25) is 0 Å². The average Bonchev–Trinajstić information content (AvgIpc) is 3.60. The van der Waals surface area contributed by atoms with E-state index in [1.165, 1.54) is 12.2 Å². The third-order valence-electron chi connectivity index (χ3n) is 12.3. The molecule has 0 amide bonds. The minimum absolute atomic E-state index is 0. The average molecular weight is 1250 g/mol. The molecular formula is C52H23CuF21N4O3S. The first-order valence-corrected chi connectivity index (χ1v) is 23.6. The summed E-state index contributed by atoms with van der Waals surface area (Å²) in [6.45, 7) is 0.